The second-order valence-corrected chi connectivity index (χ2v) is 5.78. The molecule has 2 aromatic rings. The topological polar surface area (TPSA) is 56.1 Å². The molecule has 5 heteroatoms. The summed E-state index contributed by atoms with van der Waals surface area (Å²) in [6, 6.07) is 9.84. The smallest absolute Gasteiger partial charge is 0.136 e. The van der Waals surface area contributed by atoms with Crippen molar-refractivity contribution in [3.63, 3.8) is 0 Å². The number of rotatable bonds is 3. The molecule has 0 spiro atoms. The van der Waals surface area contributed by atoms with E-state index in [1.807, 2.05) is 24.3 Å². The van der Waals surface area contributed by atoms with E-state index in [1.54, 1.807) is 6.33 Å². The molecule has 0 saturated heterocycles. The van der Waals surface area contributed by atoms with Crippen LogP contribution in [0, 0.1) is 11.3 Å². The summed E-state index contributed by atoms with van der Waals surface area (Å²) in [6.45, 7) is 2.70. The molecule has 0 atom stereocenters. The van der Waals surface area contributed by atoms with Gasteiger partial charge in [0.25, 0.3) is 0 Å². The minimum atomic E-state index is 0.687. The minimum Gasteiger partial charge on any atom is -0.355 e. The van der Waals surface area contributed by atoms with Crippen LogP contribution in [0.15, 0.2) is 30.6 Å². The van der Waals surface area contributed by atoms with E-state index in [2.05, 4.69) is 39.9 Å². The van der Waals surface area contributed by atoms with Gasteiger partial charge in [0, 0.05) is 38.7 Å². The van der Waals surface area contributed by atoms with Gasteiger partial charge < -0.3 is 9.80 Å². The zero-order valence-electron chi connectivity index (χ0n) is 13.0. The molecule has 0 bridgehead atoms. The number of hydrogen-bond donors (Lipinski definition) is 0. The van der Waals surface area contributed by atoms with Crippen molar-refractivity contribution in [3.05, 3.63) is 53.0 Å². The maximum absolute atomic E-state index is 8.86. The zero-order valence-corrected chi connectivity index (χ0v) is 13.0. The fourth-order valence-corrected chi connectivity index (χ4v) is 2.82. The highest BCUT2D eigenvalue weighted by molar-refractivity contribution is 5.49. The van der Waals surface area contributed by atoms with E-state index in [-0.39, 0.29) is 0 Å². The highest BCUT2D eigenvalue weighted by Gasteiger charge is 2.20. The molecule has 0 aliphatic carbocycles. The van der Waals surface area contributed by atoms with Crippen LogP contribution in [0.5, 0.6) is 0 Å². The monoisotopic (exact) mass is 293 g/mol. The Morgan fingerprint density at radius 3 is 2.77 bits per heavy atom. The highest BCUT2D eigenvalue weighted by Crippen LogP contribution is 2.25. The lowest BCUT2D eigenvalue weighted by molar-refractivity contribution is 0.309. The van der Waals surface area contributed by atoms with Crippen molar-refractivity contribution in [3.8, 4) is 6.07 Å². The number of likely N-dealkylation sites (N-methyl/N-ethyl adjacent to an activating group) is 1. The molecule has 5 nitrogen and oxygen atoms in total. The third-order valence-electron chi connectivity index (χ3n) is 4.03. The molecule has 0 saturated carbocycles. The maximum Gasteiger partial charge on any atom is 0.136 e. The Bertz CT molecular complexity index is 702. The van der Waals surface area contributed by atoms with Gasteiger partial charge in [-0.05, 0) is 24.7 Å². The van der Waals surface area contributed by atoms with Crippen molar-refractivity contribution in [2.45, 2.75) is 19.5 Å². The van der Waals surface area contributed by atoms with Gasteiger partial charge in [0.2, 0.25) is 0 Å². The van der Waals surface area contributed by atoms with Crippen molar-refractivity contribution in [1.82, 2.24) is 14.9 Å². The third kappa shape index (κ3) is 2.92. The van der Waals surface area contributed by atoms with Crippen LogP contribution in [0.4, 0.5) is 5.82 Å². The molecular formula is C17H19N5. The van der Waals surface area contributed by atoms with Crippen LogP contribution in [-0.4, -0.2) is 35.5 Å². The first-order valence-corrected chi connectivity index (χ1v) is 7.39. The quantitative estimate of drug-likeness (QED) is 0.866. The summed E-state index contributed by atoms with van der Waals surface area (Å²) in [4.78, 5) is 13.4. The number of anilines is 1. The van der Waals surface area contributed by atoms with Crippen LogP contribution >= 0.6 is 0 Å². The van der Waals surface area contributed by atoms with Crippen LogP contribution in [0.3, 0.4) is 0 Å². The molecule has 1 aliphatic rings. The average Bonchev–Trinajstić information content (AvgIpc) is 2.55. The lowest BCUT2D eigenvalue weighted by atomic mass is 10.1. The number of fused-ring (bicyclic) bond motifs is 1. The summed E-state index contributed by atoms with van der Waals surface area (Å²) in [5, 5.41) is 8.86. The van der Waals surface area contributed by atoms with Crippen molar-refractivity contribution < 1.29 is 0 Å². The fourth-order valence-electron chi connectivity index (χ4n) is 2.82. The third-order valence-corrected chi connectivity index (χ3v) is 4.03. The number of benzene rings is 1. The molecule has 3 rings (SSSR count). The minimum absolute atomic E-state index is 0.687. The Labute approximate surface area is 130 Å². The molecule has 2 heterocycles. The number of nitriles is 1. The van der Waals surface area contributed by atoms with E-state index in [4.69, 9.17) is 5.26 Å². The number of aromatic nitrogens is 2. The van der Waals surface area contributed by atoms with E-state index in [0.717, 1.165) is 43.1 Å². The van der Waals surface area contributed by atoms with Crippen LogP contribution in [0.2, 0.25) is 0 Å². The molecule has 1 aliphatic heterocycles. The standard InChI is InChI=1S/C17H19N5/c1-21-8-7-16-15(11-21)17(20-12-19-16)22(2)10-14-5-3-13(9-18)4-6-14/h3-6,12H,7-8,10-11H2,1-2H3. The van der Waals surface area contributed by atoms with Crippen molar-refractivity contribution in [2.75, 3.05) is 25.5 Å². The van der Waals surface area contributed by atoms with E-state index < -0.39 is 0 Å². The van der Waals surface area contributed by atoms with Crippen LogP contribution in [0.1, 0.15) is 22.4 Å². The van der Waals surface area contributed by atoms with Crippen molar-refractivity contribution in [1.29, 1.82) is 5.26 Å². The van der Waals surface area contributed by atoms with Gasteiger partial charge >= 0.3 is 0 Å². The molecule has 22 heavy (non-hydrogen) atoms. The Hall–Kier alpha value is -2.45. The second-order valence-electron chi connectivity index (χ2n) is 5.78. The molecule has 0 fully saturated rings. The van der Waals surface area contributed by atoms with Crippen molar-refractivity contribution in [2.24, 2.45) is 0 Å². The van der Waals surface area contributed by atoms with Crippen molar-refractivity contribution >= 4 is 5.82 Å². The predicted octanol–water partition coefficient (Wildman–Crippen LogP) is 1.97. The van der Waals surface area contributed by atoms with Gasteiger partial charge in [-0.15, -0.1) is 0 Å². The first-order valence-electron chi connectivity index (χ1n) is 7.39. The molecule has 1 aromatic heterocycles. The van der Waals surface area contributed by atoms with Gasteiger partial charge in [-0.2, -0.15) is 5.26 Å². The molecule has 0 radical (unpaired) electrons. The summed E-state index contributed by atoms with van der Waals surface area (Å²) < 4.78 is 0. The molecule has 0 amide bonds. The van der Waals surface area contributed by atoms with Gasteiger partial charge in [-0.25, -0.2) is 9.97 Å². The van der Waals surface area contributed by atoms with Gasteiger partial charge in [0.1, 0.15) is 12.1 Å². The van der Waals surface area contributed by atoms with Crippen LogP contribution in [-0.2, 0) is 19.5 Å². The molecule has 0 unspecified atom stereocenters. The first-order chi connectivity index (χ1) is 10.7. The summed E-state index contributed by atoms with van der Waals surface area (Å²) in [5.74, 6) is 1.00. The highest BCUT2D eigenvalue weighted by atomic mass is 15.2. The normalized spacial score (nSPS) is 14.2. The number of nitrogens with zero attached hydrogens (tertiary/aromatic N) is 5. The average molecular weight is 293 g/mol. The zero-order chi connectivity index (χ0) is 15.5. The summed E-state index contributed by atoms with van der Waals surface area (Å²) >= 11 is 0. The Morgan fingerprint density at radius 2 is 2.05 bits per heavy atom. The van der Waals surface area contributed by atoms with Crippen LogP contribution in [0.25, 0.3) is 0 Å². The largest absolute Gasteiger partial charge is 0.355 e. The van der Waals surface area contributed by atoms with Gasteiger partial charge in [-0.1, -0.05) is 12.1 Å². The summed E-state index contributed by atoms with van der Waals surface area (Å²) in [7, 11) is 4.18. The molecule has 112 valence electrons. The maximum atomic E-state index is 8.86. The van der Waals surface area contributed by atoms with Gasteiger partial charge in [0.15, 0.2) is 0 Å². The molecular weight excluding hydrogens is 274 g/mol. The van der Waals surface area contributed by atoms with Crippen LogP contribution < -0.4 is 4.90 Å². The van der Waals surface area contributed by atoms with E-state index >= 15 is 0 Å². The van der Waals surface area contributed by atoms with Gasteiger partial charge in [-0.3, -0.25) is 0 Å². The Balaban J connectivity index is 1.83. The Kier molecular flexibility index (Phi) is 4.03. The van der Waals surface area contributed by atoms with E-state index in [1.165, 1.54) is 5.56 Å². The number of hydrogen-bond acceptors (Lipinski definition) is 5. The van der Waals surface area contributed by atoms with Gasteiger partial charge in [0.05, 0.1) is 17.3 Å². The second kappa shape index (κ2) is 6.12. The summed E-state index contributed by atoms with van der Waals surface area (Å²) in [6.07, 6.45) is 2.64. The first kappa shape index (κ1) is 14.5. The summed E-state index contributed by atoms with van der Waals surface area (Å²) in [5.41, 5.74) is 4.24. The molecule has 1 aromatic carbocycles. The SMILES string of the molecule is CN1CCc2ncnc(N(C)Cc3ccc(C#N)cc3)c2C1. The van der Waals surface area contributed by atoms with E-state index in [0.29, 0.717) is 5.56 Å². The lowest BCUT2D eigenvalue weighted by Gasteiger charge is -2.28. The lowest BCUT2D eigenvalue weighted by Crippen LogP contribution is -2.30. The fraction of sp³-hybridized carbons (Fsp3) is 0.353. The Morgan fingerprint density at radius 1 is 1.27 bits per heavy atom. The van der Waals surface area contributed by atoms with E-state index in [9.17, 15) is 0 Å². The molecule has 0 N–H and O–H groups in total. The predicted molar refractivity (Wildman–Crippen MR) is 85.3 cm³/mol.